The first-order valence-electron chi connectivity index (χ1n) is 9.93. The van der Waals surface area contributed by atoms with Gasteiger partial charge in [0.1, 0.15) is 6.04 Å². The fourth-order valence-electron chi connectivity index (χ4n) is 3.76. The van der Waals surface area contributed by atoms with Crippen LogP contribution in [0.4, 0.5) is 0 Å². The molecule has 0 saturated carbocycles. The van der Waals surface area contributed by atoms with Crippen LogP contribution in [-0.2, 0) is 16.1 Å². The third-order valence-corrected chi connectivity index (χ3v) is 6.06. The van der Waals surface area contributed by atoms with Crippen molar-refractivity contribution >= 4 is 29.5 Å². The molecule has 152 valence electrons. The number of hydrogen-bond donors (Lipinski definition) is 1. The molecular formula is C22H31N3O2S. The Kier molecular flexibility index (Phi) is 6.08. The van der Waals surface area contributed by atoms with Crippen molar-refractivity contribution in [3.63, 3.8) is 0 Å². The zero-order valence-electron chi connectivity index (χ0n) is 17.5. The van der Waals surface area contributed by atoms with Gasteiger partial charge in [0.25, 0.3) is 0 Å². The minimum absolute atomic E-state index is 0.0434. The van der Waals surface area contributed by atoms with E-state index < -0.39 is 0 Å². The zero-order valence-corrected chi connectivity index (χ0v) is 18.4. The minimum atomic E-state index is -0.330. The van der Waals surface area contributed by atoms with Gasteiger partial charge in [-0.2, -0.15) is 0 Å². The number of likely N-dealkylation sites (tertiary alicyclic amines) is 1. The summed E-state index contributed by atoms with van der Waals surface area (Å²) in [5.74, 6) is 0.0408. The fraction of sp³-hybridized carbons (Fsp3) is 0.545. The molecule has 0 aromatic heterocycles. The Labute approximate surface area is 172 Å². The SMILES string of the molecule is CSN1C(C)=C1c1ccc(CNC(=O)C2CCCN2C(=O)CC(C)(C)C)cc1. The van der Waals surface area contributed by atoms with Crippen LogP contribution >= 0.6 is 11.9 Å². The highest BCUT2D eigenvalue weighted by Crippen LogP contribution is 2.44. The lowest BCUT2D eigenvalue weighted by atomic mass is 9.91. The molecule has 5 nitrogen and oxygen atoms in total. The normalized spacial score (nSPS) is 19.2. The average Bonchev–Trinajstić information content (AvgIpc) is 3.04. The van der Waals surface area contributed by atoms with Crippen molar-refractivity contribution in [2.24, 2.45) is 5.41 Å². The van der Waals surface area contributed by atoms with Gasteiger partial charge in [-0.15, -0.1) is 0 Å². The molecule has 1 aromatic carbocycles. The number of benzene rings is 1. The molecule has 2 heterocycles. The molecule has 1 saturated heterocycles. The van der Waals surface area contributed by atoms with Crippen LogP contribution in [0.5, 0.6) is 0 Å². The number of carbonyl (C=O) groups is 2. The molecule has 0 radical (unpaired) electrons. The number of allylic oxidation sites excluding steroid dienone is 1. The van der Waals surface area contributed by atoms with Crippen LogP contribution in [-0.4, -0.2) is 39.9 Å². The minimum Gasteiger partial charge on any atom is -0.350 e. The van der Waals surface area contributed by atoms with Crippen molar-refractivity contribution in [1.82, 2.24) is 14.5 Å². The van der Waals surface area contributed by atoms with Crippen molar-refractivity contribution < 1.29 is 9.59 Å². The lowest BCUT2D eigenvalue weighted by Gasteiger charge is -2.27. The molecule has 2 aliphatic rings. The Morgan fingerprint density at radius 3 is 2.46 bits per heavy atom. The van der Waals surface area contributed by atoms with Gasteiger partial charge in [0.15, 0.2) is 0 Å². The first-order chi connectivity index (χ1) is 13.2. The smallest absolute Gasteiger partial charge is 0.243 e. The summed E-state index contributed by atoms with van der Waals surface area (Å²) < 4.78 is 2.21. The molecule has 1 N–H and O–H groups in total. The van der Waals surface area contributed by atoms with Crippen LogP contribution in [0.25, 0.3) is 5.70 Å². The van der Waals surface area contributed by atoms with Crippen molar-refractivity contribution in [2.45, 2.75) is 59.5 Å². The molecule has 28 heavy (non-hydrogen) atoms. The van der Waals surface area contributed by atoms with Gasteiger partial charge < -0.3 is 10.2 Å². The van der Waals surface area contributed by atoms with Crippen molar-refractivity contribution in [3.8, 4) is 0 Å². The molecule has 3 rings (SSSR count). The first kappa shape index (κ1) is 20.8. The van der Waals surface area contributed by atoms with E-state index in [4.69, 9.17) is 0 Å². The monoisotopic (exact) mass is 401 g/mol. The Morgan fingerprint density at radius 1 is 1.21 bits per heavy atom. The Morgan fingerprint density at radius 2 is 1.89 bits per heavy atom. The van der Waals surface area contributed by atoms with E-state index in [9.17, 15) is 9.59 Å². The summed E-state index contributed by atoms with van der Waals surface area (Å²) in [4.78, 5) is 27.0. The third kappa shape index (κ3) is 4.72. The van der Waals surface area contributed by atoms with E-state index in [1.165, 1.54) is 17.0 Å². The summed E-state index contributed by atoms with van der Waals surface area (Å²) in [5.41, 5.74) is 4.79. The zero-order chi connectivity index (χ0) is 20.5. The van der Waals surface area contributed by atoms with Crippen LogP contribution in [0.3, 0.4) is 0 Å². The Bertz CT molecular complexity index is 780. The predicted molar refractivity (Wildman–Crippen MR) is 115 cm³/mol. The summed E-state index contributed by atoms with van der Waals surface area (Å²) in [7, 11) is 0. The number of amides is 2. The molecule has 0 spiro atoms. The van der Waals surface area contributed by atoms with Gasteiger partial charge in [-0.25, -0.2) is 0 Å². The Balaban J connectivity index is 1.54. The van der Waals surface area contributed by atoms with E-state index in [0.717, 1.165) is 18.4 Å². The van der Waals surface area contributed by atoms with E-state index in [-0.39, 0.29) is 23.3 Å². The van der Waals surface area contributed by atoms with Crippen LogP contribution < -0.4 is 5.32 Å². The van der Waals surface area contributed by atoms with E-state index in [1.54, 1.807) is 16.8 Å². The molecular weight excluding hydrogens is 370 g/mol. The summed E-state index contributed by atoms with van der Waals surface area (Å²) in [6.45, 7) is 9.45. The van der Waals surface area contributed by atoms with Crippen LogP contribution in [0.2, 0.25) is 0 Å². The number of rotatable bonds is 6. The molecule has 1 unspecified atom stereocenters. The van der Waals surface area contributed by atoms with Crippen LogP contribution in [0.1, 0.15) is 58.1 Å². The molecule has 2 amide bonds. The lowest BCUT2D eigenvalue weighted by molar-refractivity contribution is -0.139. The third-order valence-electron chi connectivity index (χ3n) is 5.23. The summed E-state index contributed by atoms with van der Waals surface area (Å²) in [5, 5.41) is 3.02. The largest absolute Gasteiger partial charge is 0.350 e. The molecule has 6 heteroatoms. The standard InChI is InChI=1S/C22H31N3O2S/c1-15-20(25(15)28-5)17-10-8-16(9-11-17)14-23-21(27)18-7-6-12-24(18)19(26)13-22(2,3)4/h8-11,18H,6-7,12-14H2,1-5H3,(H,23,27). The summed E-state index contributed by atoms with van der Waals surface area (Å²) in [6, 6.07) is 7.99. The second-order valence-corrected chi connectivity index (χ2v) is 9.54. The summed E-state index contributed by atoms with van der Waals surface area (Å²) >= 11 is 1.71. The maximum absolute atomic E-state index is 12.7. The van der Waals surface area contributed by atoms with Crippen LogP contribution in [0, 0.1) is 5.41 Å². The van der Waals surface area contributed by atoms with Crippen LogP contribution in [0.15, 0.2) is 30.0 Å². The van der Waals surface area contributed by atoms with Crippen molar-refractivity contribution in [2.75, 3.05) is 12.8 Å². The van der Waals surface area contributed by atoms with E-state index in [2.05, 4.69) is 67.8 Å². The molecule has 2 aliphatic heterocycles. The molecule has 0 aliphatic carbocycles. The maximum Gasteiger partial charge on any atom is 0.243 e. The van der Waals surface area contributed by atoms with E-state index in [1.807, 2.05) is 0 Å². The average molecular weight is 402 g/mol. The molecule has 1 aromatic rings. The van der Waals surface area contributed by atoms with Gasteiger partial charge in [-0.1, -0.05) is 45.0 Å². The second kappa shape index (κ2) is 8.19. The van der Waals surface area contributed by atoms with Gasteiger partial charge in [0.05, 0.1) is 11.4 Å². The van der Waals surface area contributed by atoms with Crippen molar-refractivity contribution in [3.05, 3.63) is 41.1 Å². The maximum atomic E-state index is 12.7. The lowest BCUT2D eigenvalue weighted by Crippen LogP contribution is -2.46. The van der Waals surface area contributed by atoms with Gasteiger partial charge in [-0.3, -0.25) is 13.9 Å². The number of carbonyl (C=O) groups excluding carboxylic acids is 2. The van der Waals surface area contributed by atoms with E-state index in [0.29, 0.717) is 19.5 Å². The number of hydrogen-bond acceptors (Lipinski definition) is 4. The quantitative estimate of drug-likeness (QED) is 0.732. The molecule has 0 bridgehead atoms. The van der Waals surface area contributed by atoms with Crippen molar-refractivity contribution in [1.29, 1.82) is 0 Å². The predicted octanol–water partition coefficient (Wildman–Crippen LogP) is 4.01. The highest BCUT2D eigenvalue weighted by Gasteiger charge is 2.35. The second-order valence-electron chi connectivity index (χ2n) is 8.81. The molecule has 1 atom stereocenters. The highest BCUT2D eigenvalue weighted by atomic mass is 32.2. The van der Waals surface area contributed by atoms with Gasteiger partial charge in [-0.05, 0) is 42.7 Å². The summed E-state index contributed by atoms with van der Waals surface area (Å²) in [6.07, 6.45) is 4.18. The van der Waals surface area contributed by atoms with Gasteiger partial charge in [0, 0.05) is 31.3 Å². The van der Waals surface area contributed by atoms with Gasteiger partial charge >= 0.3 is 0 Å². The topological polar surface area (TPSA) is 52.4 Å². The molecule has 1 fully saturated rings. The van der Waals surface area contributed by atoms with Gasteiger partial charge in [0.2, 0.25) is 11.8 Å². The number of nitrogens with one attached hydrogen (secondary N) is 1. The highest BCUT2D eigenvalue weighted by molar-refractivity contribution is 7.97. The van der Waals surface area contributed by atoms with E-state index >= 15 is 0 Å². The Hall–Kier alpha value is -1.95. The fourth-order valence-corrected chi connectivity index (χ4v) is 4.50. The number of nitrogens with zero attached hydrogens (tertiary/aromatic N) is 2. The first-order valence-corrected chi connectivity index (χ1v) is 11.1.